The predicted octanol–water partition coefficient (Wildman–Crippen LogP) is 2.47. The molecule has 0 aromatic carbocycles. The highest BCUT2D eigenvalue weighted by Crippen LogP contribution is 2.68. The fourth-order valence-corrected chi connectivity index (χ4v) is 7.98. The quantitative estimate of drug-likeness (QED) is 0.615. The molecule has 4 heteroatoms. The fourth-order valence-electron chi connectivity index (χ4n) is 7.98. The highest BCUT2D eigenvalue weighted by molar-refractivity contribution is 5.15. The Hall–Kier alpha value is -0.160. The molecule has 1 unspecified atom stereocenters. The van der Waals surface area contributed by atoms with Gasteiger partial charge in [0.2, 0.25) is 0 Å². The van der Waals surface area contributed by atoms with Crippen LogP contribution < -0.4 is 0 Å². The zero-order valence-electron chi connectivity index (χ0n) is 15.8. The molecule has 25 heavy (non-hydrogen) atoms. The van der Waals surface area contributed by atoms with Crippen LogP contribution in [0.4, 0.5) is 0 Å². The molecule has 4 aliphatic carbocycles. The number of hydrogen-bond donors (Lipinski definition) is 4. The minimum atomic E-state index is -1.14. The molecule has 0 saturated heterocycles. The monoisotopic (exact) mass is 352 g/mol. The molecule has 0 radical (unpaired) electrons. The first-order valence-electron chi connectivity index (χ1n) is 10.5. The third-order valence-corrected chi connectivity index (χ3v) is 9.58. The zero-order chi connectivity index (χ0) is 18.0. The second-order valence-electron chi connectivity index (χ2n) is 10.2. The van der Waals surface area contributed by atoms with Crippen LogP contribution in [-0.2, 0) is 0 Å². The van der Waals surface area contributed by atoms with Crippen molar-refractivity contribution in [1.29, 1.82) is 0 Å². The maximum absolute atomic E-state index is 11.3. The summed E-state index contributed by atoms with van der Waals surface area (Å²) in [5.74, 6) is 2.40. The van der Waals surface area contributed by atoms with Gasteiger partial charge in [-0.25, -0.2) is 0 Å². The van der Waals surface area contributed by atoms with E-state index in [4.69, 9.17) is 0 Å². The fraction of sp³-hybridized carbons (Fsp3) is 1.00. The average molecular weight is 353 g/mol. The smallest absolute Gasteiger partial charge is 0.106 e. The Bertz CT molecular complexity index is 524. The molecule has 0 heterocycles. The summed E-state index contributed by atoms with van der Waals surface area (Å²) in [4.78, 5) is 0. The van der Waals surface area contributed by atoms with Crippen LogP contribution in [0.25, 0.3) is 0 Å². The number of rotatable bonds is 2. The van der Waals surface area contributed by atoms with Gasteiger partial charge in [-0.2, -0.15) is 0 Å². The Morgan fingerprint density at radius 2 is 1.68 bits per heavy atom. The van der Waals surface area contributed by atoms with Gasteiger partial charge in [0.1, 0.15) is 6.10 Å². The number of fused-ring (bicyclic) bond motifs is 5. The van der Waals surface area contributed by atoms with Crippen molar-refractivity contribution in [3.8, 4) is 0 Å². The van der Waals surface area contributed by atoms with Gasteiger partial charge in [-0.15, -0.1) is 0 Å². The van der Waals surface area contributed by atoms with Gasteiger partial charge in [0, 0.05) is 5.41 Å². The minimum absolute atomic E-state index is 0.111. The third-order valence-electron chi connectivity index (χ3n) is 9.58. The SMILES string of the molecule is C[C@]12CC[C@H](O)C[C@@H]1CC[C@@H]1[C@@H]2CC[C@@]2(C)[C@H]1CC[C@]2(O)C(O)CO. The Morgan fingerprint density at radius 3 is 2.40 bits per heavy atom. The van der Waals surface area contributed by atoms with Crippen molar-refractivity contribution in [1.82, 2.24) is 0 Å². The van der Waals surface area contributed by atoms with Gasteiger partial charge < -0.3 is 20.4 Å². The van der Waals surface area contributed by atoms with E-state index in [1.807, 2.05) is 0 Å². The molecule has 0 aliphatic heterocycles. The second kappa shape index (κ2) is 5.92. The van der Waals surface area contributed by atoms with Crippen LogP contribution in [0.1, 0.15) is 71.6 Å². The zero-order valence-corrected chi connectivity index (χ0v) is 15.8. The summed E-state index contributed by atoms with van der Waals surface area (Å²) in [5, 5.41) is 41.3. The molecule has 0 aromatic heterocycles. The van der Waals surface area contributed by atoms with Crippen LogP contribution in [0, 0.1) is 34.5 Å². The van der Waals surface area contributed by atoms with E-state index < -0.39 is 11.7 Å². The Morgan fingerprint density at radius 1 is 0.960 bits per heavy atom. The summed E-state index contributed by atoms with van der Waals surface area (Å²) in [5.41, 5.74) is -1.09. The Balaban J connectivity index is 1.62. The van der Waals surface area contributed by atoms with E-state index in [1.54, 1.807) is 0 Å². The molecule has 4 saturated carbocycles. The van der Waals surface area contributed by atoms with Gasteiger partial charge >= 0.3 is 0 Å². The molecule has 9 atom stereocenters. The molecule has 4 fully saturated rings. The van der Waals surface area contributed by atoms with Gasteiger partial charge in [-0.1, -0.05) is 13.8 Å². The molecule has 4 nitrogen and oxygen atoms in total. The van der Waals surface area contributed by atoms with Crippen molar-refractivity contribution in [2.75, 3.05) is 6.61 Å². The number of aliphatic hydroxyl groups excluding tert-OH is 3. The number of hydrogen-bond acceptors (Lipinski definition) is 4. The maximum atomic E-state index is 11.3. The lowest BCUT2D eigenvalue weighted by Crippen LogP contribution is -2.60. The first kappa shape index (κ1) is 18.2. The van der Waals surface area contributed by atoms with Crippen molar-refractivity contribution >= 4 is 0 Å². The molecule has 4 N–H and O–H groups in total. The van der Waals surface area contributed by atoms with Gasteiger partial charge in [0.05, 0.1) is 18.3 Å². The van der Waals surface area contributed by atoms with Crippen molar-refractivity contribution in [2.45, 2.75) is 89.4 Å². The molecule has 0 spiro atoms. The lowest BCUT2D eigenvalue weighted by molar-refractivity contribution is -0.196. The van der Waals surface area contributed by atoms with Gasteiger partial charge in [-0.05, 0) is 86.9 Å². The van der Waals surface area contributed by atoms with E-state index in [2.05, 4.69) is 13.8 Å². The lowest BCUT2D eigenvalue weighted by Gasteiger charge is -2.61. The van der Waals surface area contributed by atoms with E-state index in [0.29, 0.717) is 35.5 Å². The van der Waals surface area contributed by atoms with Crippen LogP contribution >= 0.6 is 0 Å². The Kier molecular flexibility index (Phi) is 4.31. The van der Waals surface area contributed by atoms with E-state index in [1.165, 1.54) is 12.8 Å². The molecular formula is C21H36O4. The highest BCUT2D eigenvalue weighted by atomic mass is 16.4. The molecule has 0 bridgehead atoms. The lowest BCUT2D eigenvalue weighted by atomic mass is 9.44. The summed E-state index contributed by atoms with van der Waals surface area (Å²) < 4.78 is 0. The predicted molar refractivity (Wildman–Crippen MR) is 95.8 cm³/mol. The normalized spacial score (nSPS) is 56.6. The van der Waals surface area contributed by atoms with Crippen LogP contribution in [0.3, 0.4) is 0 Å². The molecule has 0 aromatic rings. The second-order valence-corrected chi connectivity index (χ2v) is 10.2. The summed E-state index contributed by atoms with van der Waals surface area (Å²) in [6.07, 6.45) is 7.92. The molecule has 4 rings (SSSR count). The molecule has 144 valence electrons. The van der Waals surface area contributed by atoms with Crippen LogP contribution in [0.15, 0.2) is 0 Å². The van der Waals surface area contributed by atoms with E-state index in [9.17, 15) is 20.4 Å². The van der Waals surface area contributed by atoms with E-state index >= 15 is 0 Å². The Labute approximate surface area is 151 Å². The van der Waals surface area contributed by atoms with E-state index in [0.717, 1.165) is 38.5 Å². The van der Waals surface area contributed by atoms with Gasteiger partial charge in [0.25, 0.3) is 0 Å². The molecule has 0 amide bonds. The standard InChI is InChI=1S/C21H36O4/c1-19-8-5-14(23)11-13(19)3-4-15-16(19)6-9-20(2)17(15)7-10-21(20,25)18(24)12-22/h13-18,22-25H,3-12H2,1-2H3/t13-,14-,15+,16-,17-,18?,19-,20-,21-/m0/s1. The van der Waals surface area contributed by atoms with Crippen molar-refractivity contribution in [3.63, 3.8) is 0 Å². The molecular weight excluding hydrogens is 316 g/mol. The summed E-state index contributed by atoms with van der Waals surface area (Å²) in [6, 6.07) is 0. The first-order chi connectivity index (χ1) is 11.8. The highest BCUT2D eigenvalue weighted by Gasteiger charge is 2.66. The average Bonchev–Trinajstić information content (AvgIpc) is 2.87. The number of aliphatic hydroxyl groups is 4. The summed E-state index contributed by atoms with van der Waals surface area (Å²) in [6.45, 7) is 4.27. The van der Waals surface area contributed by atoms with Gasteiger partial charge in [-0.3, -0.25) is 0 Å². The molecule has 4 aliphatic rings. The van der Waals surface area contributed by atoms with Crippen LogP contribution in [0.5, 0.6) is 0 Å². The van der Waals surface area contributed by atoms with Crippen molar-refractivity contribution < 1.29 is 20.4 Å². The summed E-state index contributed by atoms with van der Waals surface area (Å²) >= 11 is 0. The van der Waals surface area contributed by atoms with Crippen LogP contribution in [-0.4, -0.2) is 44.8 Å². The maximum Gasteiger partial charge on any atom is 0.106 e. The van der Waals surface area contributed by atoms with Gasteiger partial charge in [0.15, 0.2) is 0 Å². The minimum Gasteiger partial charge on any atom is -0.394 e. The largest absolute Gasteiger partial charge is 0.394 e. The van der Waals surface area contributed by atoms with Crippen LogP contribution in [0.2, 0.25) is 0 Å². The van der Waals surface area contributed by atoms with Crippen molar-refractivity contribution in [2.24, 2.45) is 34.5 Å². The van der Waals surface area contributed by atoms with E-state index in [-0.39, 0.29) is 18.1 Å². The first-order valence-corrected chi connectivity index (χ1v) is 10.5. The third kappa shape index (κ3) is 2.33. The van der Waals surface area contributed by atoms with Crippen molar-refractivity contribution in [3.05, 3.63) is 0 Å². The topological polar surface area (TPSA) is 80.9 Å². The summed E-state index contributed by atoms with van der Waals surface area (Å²) in [7, 11) is 0.